The molecule has 10 heteroatoms. The lowest BCUT2D eigenvalue weighted by Gasteiger charge is -2.22. The molecule has 9 nitrogen and oxygen atoms in total. The van der Waals surface area contributed by atoms with Crippen LogP contribution in [0.1, 0.15) is 38.2 Å². The molecule has 0 aliphatic carbocycles. The summed E-state index contributed by atoms with van der Waals surface area (Å²) in [6.45, 7) is 1.71. The zero-order valence-corrected chi connectivity index (χ0v) is 16.9. The summed E-state index contributed by atoms with van der Waals surface area (Å²) in [5, 5.41) is 14.7. The number of ketones is 1. The van der Waals surface area contributed by atoms with E-state index in [1.807, 2.05) is 0 Å². The van der Waals surface area contributed by atoms with Gasteiger partial charge in [-0.25, -0.2) is 4.39 Å². The Morgan fingerprint density at radius 1 is 1.07 bits per heavy atom. The monoisotopic (exact) mass is 421 g/mol. The van der Waals surface area contributed by atoms with Gasteiger partial charge < -0.3 is 27.1 Å². The Bertz CT molecular complexity index is 754. The molecule has 0 aliphatic heterocycles. The fraction of sp³-hybridized carbons (Fsp3) is 0.450. The van der Waals surface area contributed by atoms with Crippen molar-refractivity contribution >= 4 is 29.7 Å². The third-order valence-corrected chi connectivity index (χ3v) is 4.24. The van der Waals surface area contributed by atoms with Crippen molar-refractivity contribution in [3.05, 3.63) is 35.6 Å². The van der Waals surface area contributed by atoms with E-state index in [0.717, 1.165) is 0 Å². The van der Waals surface area contributed by atoms with Crippen LogP contribution in [-0.2, 0) is 25.7 Å². The van der Waals surface area contributed by atoms with Crippen LogP contribution in [0.15, 0.2) is 24.3 Å². The number of rotatable bonds is 13. The molecule has 3 amide bonds. The molecule has 6 N–H and O–H groups in total. The third-order valence-electron chi connectivity index (χ3n) is 4.24. The van der Waals surface area contributed by atoms with Crippen LogP contribution in [-0.4, -0.2) is 48.3 Å². The molecule has 30 heavy (non-hydrogen) atoms. The Morgan fingerprint density at radius 3 is 2.27 bits per heavy atom. The number of nitrogens with two attached hydrogens (primary N) is 1. The summed E-state index contributed by atoms with van der Waals surface area (Å²) in [4.78, 5) is 48.1. The van der Waals surface area contributed by atoms with Gasteiger partial charge in [-0.15, -0.1) is 0 Å². The van der Waals surface area contributed by atoms with Gasteiger partial charge in [0, 0.05) is 19.9 Å². The van der Waals surface area contributed by atoms with Crippen molar-refractivity contribution in [2.75, 3.05) is 6.54 Å². The van der Waals surface area contributed by atoms with E-state index in [2.05, 4.69) is 16.0 Å². The molecule has 0 bridgehead atoms. The van der Waals surface area contributed by atoms with Crippen molar-refractivity contribution in [1.82, 2.24) is 16.0 Å². The maximum absolute atomic E-state index is 13.0. The fourth-order valence-corrected chi connectivity index (χ4v) is 2.65. The molecule has 164 valence electrons. The molecule has 0 saturated carbocycles. The van der Waals surface area contributed by atoms with Crippen LogP contribution in [0.5, 0.6) is 0 Å². The van der Waals surface area contributed by atoms with E-state index in [1.54, 1.807) is 0 Å². The maximum atomic E-state index is 13.0. The first-order valence-corrected chi connectivity index (χ1v) is 9.59. The van der Waals surface area contributed by atoms with Crippen molar-refractivity contribution in [1.29, 1.82) is 5.41 Å². The summed E-state index contributed by atoms with van der Waals surface area (Å²) in [6.07, 6.45) is 1.32. The van der Waals surface area contributed by atoms with Gasteiger partial charge in [-0.3, -0.25) is 19.2 Å². The van der Waals surface area contributed by atoms with Gasteiger partial charge in [0.25, 0.3) is 0 Å². The first-order chi connectivity index (χ1) is 14.3. The maximum Gasteiger partial charge on any atom is 0.243 e. The highest BCUT2D eigenvalue weighted by Crippen LogP contribution is 2.05. The minimum absolute atomic E-state index is 0.0150. The molecule has 0 aliphatic rings. The van der Waals surface area contributed by atoms with Crippen LogP contribution in [0.2, 0.25) is 0 Å². The van der Waals surface area contributed by atoms with Crippen LogP contribution in [0.25, 0.3) is 0 Å². The topological polar surface area (TPSA) is 154 Å². The lowest BCUT2D eigenvalue weighted by atomic mass is 10.1. The highest BCUT2D eigenvalue weighted by Gasteiger charge is 2.26. The van der Waals surface area contributed by atoms with Gasteiger partial charge in [-0.05, 0) is 43.5 Å². The zero-order valence-electron chi connectivity index (χ0n) is 16.9. The van der Waals surface area contributed by atoms with Gasteiger partial charge in [-0.1, -0.05) is 12.1 Å². The number of carbonyl (C=O) groups excluding carboxylic acids is 4. The highest BCUT2D eigenvalue weighted by atomic mass is 19.1. The average molecular weight is 421 g/mol. The molecule has 0 unspecified atom stereocenters. The molecule has 2 atom stereocenters. The van der Waals surface area contributed by atoms with Crippen LogP contribution >= 0.6 is 0 Å². The quantitative estimate of drug-likeness (QED) is 0.287. The Labute approximate surface area is 174 Å². The van der Waals surface area contributed by atoms with E-state index < -0.39 is 41.4 Å². The Morgan fingerprint density at radius 2 is 1.70 bits per heavy atom. The van der Waals surface area contributed by atoms with Crippen molar-refractivity contribution in [2.45, 2.75) is 51.2 Å². The summed E-state index contributed by atoms with van der Waals surface area (Å²) in [5.74, 6) is -2.39. The Hall–Kier alpha value is -3.14. The number of carbonyl (C=O) groups is 4. The zero-order chi connectivity index (χ0) is 22.5. The van der Waals surface area contributed by atoms with Crippen LogP contribution in [0, 0.1) is 11.2 Å². The number of hydrogen-bond acceptors (Lipinski definition) is 6. The van der Waals surface area contributed by atoms with E-state index in [-0.39, 0.29) is 19.4 Å². The van der Waals surface area contributed by atoms with Gasteiger partial charge in [0.1, 0.15) is 17.9 Å². The van der Waals surface area contributed by atoms with Crippen molar-refractivity contribution in [3.8, 4) is 0 Å². The molecular weight excluding hydrogens is 393 g/mol. The number of amides is 3. The van der Waals surface area contributed by atoms with Gasteiger partial charge in [0.05, 0.1) is 6.21 Å². The molecule has 0 aromatic heterocycles. The number of halogens is 1. The summed E-state index contributed by atoms with van der Waals surface area (Å²) in [6, 6.07) is 3.65. The Kier molecular flexibility index (Phi) is 10.9. The van der Waals surface area contributed by atoms with E-state index in [0.29, 0.717) is 31.2 Å². The van der Waals surface area contributed by atoms with E-state index >= 15 is 0 Å². The molecule has 0 spiro atoms. The summed E-state index contributed by atoms with van der Waals surface area (Å²) >= 11 is 0. The first kappa shape index (κ1) is 24.9. The molecule has 1 aromatic carbocycles. The largest absolute Gasteiger partial charge is 0.350 e. The molecule has 0 heterocycles. The minimum atomic E-state index is -1.05. The molecular formula is C20H28FN5O4. The van der Waals surface area contributed by atoms with Crippen LogP contribution in [0.3, 0.4) is 0 Å². The summed E-state index contributed by atoms with van der Waals surface area (Å²) < 4.78 is 13.0. The van der Waals surface area contributed by atoms with Gasteiger partial charge >= 0.3 is 0 Å². The predicted octanol–water partition coefficient (Wildman–Crippen LogP) is 0.169. The normalized spacial score (nSPS) is 12.4. The van der Waals surface area contributed by atoms with Gasteiger partial charge in [-0.2, -0.15) is 0 Å². The summed E-state index contributed by atoms with van der Waals surface area (Å²) in [5.41, 5.74) is 6.12. The predicted molar refractivity (Wildman–Crippen MR) is 109 cm³/mol. The summed E-state index contributed by atoms with van der Waals surface area (Å²) in [7, 11) is 0. The lowest BCUT2D eigenvalue weighted by Crippen LogP contribution is -2.53. The minimum Gasteiger partial charge on any atom is -0.350 e. The second-order valence-corrected chi connectivity index (χ2v) is 6.74. The first-order valence-electron chi connectivity index (χ1n) is 9.59. The average Bonchev–Trinajstić information content (AvgIpc) is 2.72. The second kappa shape index (κ2) is 13.2. The van der Waals surface area contributed by atoms with Crippen molar-refractivity contribution in [3.63, 3.8) is 0 Å². The molecule has 1 rings (SSSR count). The third kappa shape index (κ3) is 9.37. The lowest BCUT2D eigenvalue weighted by molar-refractivity contribution is -0.132. The van der Waals surface area contributed by atoms with Crippen molar-refractivity contribution < 1.29 is 23.6 Å². The number of benzene rings is 1. The standard InChI is InChI=1S/C20H28FN5O4/c1-13(27)25-17(3-2-10-22)20(30)26-18(9-8-16(28)11-23)19(29)24-12-14-4-6-15(21)7-5-14/h4-7,11,17-18,23H,2-3,8-10,12,22H2,1H3,(H,24,29)(H,25,27)(H,26,30)/t17-,18-/m0/s1. The molecule has 0 radical (unpaired) electrons. The molecule has 0 fully saturated rings. The smallest absolute Gasteiger partial charge is 0.243 e. The van der Waals surface area contributed by atoms with Crippen LogP contribution in [0.4, 0.5) is 4.39 Å². The fourth-order valence-electron chi connectivity index (χ4n) is 2.65. The number of Topliss-reactive ketones (excluding diaryl/α,β-unsaturated/α-hetero) is 1. The molecule has 1 aromatic rings. The SMILES string of the molecule is CC(=O)N[C@@H](CCCN)C(=O)N[C@@H](CCC(=O)C=N)C(=O)NCc1ccc(F)cc1. The Balaban J connectivity index is 2.82. The van der Waals surface area contributed by atoms with Gasteiger partial charge in [0.15, 0.2) is 5.78 Å². The number of hydrogen-bond donors (Lipinski definition) is 5. The van der Waals surface area contributed by atoms with E-state index in [1.165, 1.54) is 31.2 Å². The number of nitrogens with one attached hydrogen (secondary N) is 4. The second-order valence-electron chi connectivity index (χ2n) is 6.74. The highest BCUT2D eigenvalue weighted by molar-refractivity contribution is 6.26. The van der Waals surface area contributed by atoms with Crippen LogP contribution < -0.4 is 21.7 Å². The molecule has 0 saturated heterocycles. The van der Waals surface area contributed by atoms with E-state index in [9.17, 15) is 23.6 Å². The van der Waals surface area contributed by atoms with E-state index in [4.69, 9.17) is 11.1 Å². The van der Waals surface area contributed by atoms with Gasteiger partial charge in [0.2, 0.25) is 17.7 Å². The van der Waals surface area contributed by atoms with Crippen molar-refractivity contribution in [2.24, 2.45) is 5.73 Å².